The maximum Gasteiger partial charge on any atom is 0.410 e. The number of carboxylic acids is 1. The van der Waals surface area contributed by atoms with Crippen LogP contribution in [0.4, 0.5) is 10.5 Å². The smallest absolute Gasteiger partial charge is 0.410 e. The summed E-state index contributed by atoms with van der Waals surface area (Å²) in [4.78, 5) is 56.7. The van der Waals surface area contributed by atoms with Gasteiger partial charge in [0.1, 0.15) is 12.7 Å². The molecule has 0 spiro atoms. The van der Waals surface area contributed by atoms with Gasteiger partial charge < -0.3 is 39.4 Å². The number of dihydropyridines is 1. The molecule has 0 saturated carbocycles. The summed E-state index contributed by atoms with van der Waals surface area (Å²) in [6, 6.07) is 42.2. The molecular formula is C53H58N4O11. The third-order valence-electron chi connectivity index (χ3n) is 11.8. The van der Waals surface area contributed by atoms with E-state index in [-0.39, 0.29) is 73.2 Å². The van der Waals surface area contributed by atoms with Gasteiger partial charge in [-0.1, -0.05) is 115 Å². The van der Waals surface area contributed by atoms with Gasteiger partial charge in [-0.3, -0.25) is 15.0 Å². The Morgan fingerprint density at radius 2 is 1.32 bits per heavy atom. The van der Waals surface area contributed by atoms with E-state index in [1.165, 1.54) is 43.2 Å². The minimum atomic E-state index is -1.36. The van der Waals surface area contributed by atoms with Gasteiger partial charge in [0.05, 0.1) is 54.4 Å². The number of nitrogens with one attached hydrogen (secondary N) is 1. The van der Waals surface area contributed by atoms with E-state index in [1.54, 1.807) is 26.0 Å². The van der Waals surface area contributed by atoms with Crippen LogP contribution in [0.5, 0.6) is 11.5 Å². The van der Waals surface area contributed by atoms with Crippen LogP contribution in [-0.2, 0) is 24.6 Å². The number of carboxylic acid groups (broad SMARTS) is 1. The number of allylic oxidation sites excluding steroid dienone is 1. The molecule has 15 nitrogen and oxygen atoms in total. The molecule has 0 fully saturated rings. The Hall–Kier alpha value is -7.49. The molecule has 1 heterocycles. The molecule has 1 amide bonds. The number of esters is 1. The van der Waals surface area contributed by atoms with E-state index in [0.29, 0.717) is 11.5 Å². The van der Waals surface area contributed by atoms with Crippen LogP contribution in [0.2, 0.25) is 0 Å². The zero-order chi connectivity index (χ0) is 49.0. The number of para-hydroxylation sites is 2. The van der Waals surface area contributed by atoms with Crippen LogP contribution in [0.3, 0.4) is 0 Å². The lowest BCUT2D eigenvalue weighted by Gasteiger charge is -2.54. The lowest BCUT2D eigenvalue weighted by molar-refractivity contribution is -0.384. The number of nitro groups is 1. The van der Waals surface area contributed by atoms with E-state index in [0.717, 1.165) is 16.7 Å². The quantitative estimate of drug-likeness (QED) is 0.0275. The van der Waals surface area contributed by atoms with E-state index < -0.39 is 46.1 Å². The predicted octanol–water partition coefficient (Wildman–Crippen LogP) is 8.44. The SMILES string of the molecule is CCOC(=O)C1=C(CN(CC(C)(C)N(CC(O)COc2ccccc2OC)C(c2ccccc2)(c2ccccc2)c2ccccc2)C(=O)OCC)NC(C)=C(C(=O)O)C1c1cccc([N+](=O)[O-])c1. The molecule has 1 aliphatic rings. The Labute approximate surface area is 396 Å². The summed E-state index contributed by atoms with van der Waals surface area (Å²) in [6.45, 7) is 8.03. The normalized spacial score (nSPS) is 14.4. The van der Waals surface area contributed by atoms with Gasteiger partial charge in [0.2, 0.25) is 0 Å². The molecule has 6 rings (SSSR count). The highest BCUT2D eigenvalue weighted by molar-refractivity contribution is 5.99. The van der Waals surface area contributed by atoms with Crippen molar-refractivity contribution in [3.8, 4) is 11.5 Å². The molecule has 1 aliphatic heterocycles. The van der Waals surface area contributed by atoms with Crippen LogP contribution in [0.1, 0.15) is 62.8 Å². The van der Waals surface area contributed by atoms with E-state index in [9.17, 15) is 34.7 Å². The number of nitrogens with zero attached hydrogens (tertiary/aromatic N) is 3. The number of non-ortho nitro benzene ring substituents is 1. The molecule has 0 radical (unpaired) electrons. The number of carbonyl (C=O) groups is 3. The maximum absolute atomic E-state index is 14.5. The van der Waals surface area contributed by atoms with Crippen molar-refractivity contribution in [1.82, 2.24) is 15.1 Å². The van der Waals surface area contributed by atoms with E-state index in [4.69, 9.17) is 18.9 Å². The number of rotatable bonds is 21. The van der Waals surface area contributed by atoms with Crippen molar-refractivity contribution in [2.24, 2.45) is 0 Å². The average Bonchev–Trinajstić information content (AvgIpc) is 3.33. The second-order valence-electron chi connectivity index (χ2n) is 16.8. The molecule has 5 aromatic rings. The minimum absolute atomic E-state index is 0.00390. The molecule has 356 valence electrons. The third kappa shape index (κ3) is 10.9. The van der Waals surface area contributed by atoms with Crippen molar-refractivity contribution in [3.05, 3.63) is 194 Å². The van der Waals surface area contributed by atoms with Crippen molar-refractivity contribution >= 4 is 23.7 Å². The first-order valence-electron chi connectivity index (χ1n) is 22.3. The number of hydrogen-bond donors (Lipinski definition) is 3. The molecular weight excluding hydrogens is 869 g/mol. The van der Waals surface area contributed by atoms with Gasteiger partial charge in [-0.15, -0.1) is 0 Å². The Morgan fingerprint density at radius 1 is 0.779 bits per heavy atom. The first-order chi connectivity index (χ1) is 32.7. The van der Waals surface area contributed by atoms with Crippen molar-refractivity contribution in [2.45, 2.75) is 57.7 Å². The van der Waals surface area contributed by atoms with Crippen LogP contribution < -0.4 is 14.8 Å². The molecule has 68 heavy (non-hydrogen) atoms. The van der Waals surface area contributed by atoms with Gasteiger partial charge in [-0.25, -0.2) is 14.4 Å². The van der Waals surface area contributed by atoms with E-state index in [1.807, 2.05) is 117 Å². The summed E-state index contributed by atoms with van der Waals surface area (Å²) < 4.78 is 23.0. The fourth-order valence-electron chi connectivity index (χ4n) is 9.08. The number of aliphatic carboxylic acids is 1. The molecule has 5 aromatic carbocycles. The number of ether oxygens (including phenoxy) is 4. The number of carbonyl (C=O) groups excluding carboxylic acids is 2. The summed E-state index contributed by atoms with van der Waals surface area (Å²) in [5.41, 5.74) is 0.0456. The lowest BCUT2D eigenvalue weighted by Crippen LogP contribution is -2.64. The summed E-state index contributed by atoms with van der Waals surface area (Å²) >= 11 is 0. The molecule has 15 heteroatoms. The third-order valence-corrected chi connectivity index (χ3v) is 11.8. The molecule has 2 unspecified atom stereocenters. The zero-order valence-electron chi connectivity index (χ0n) is 39.1. The van der Waals surface area contributed by atoms with Crippen molar-refractivity contribution < 1.29 is 48.5 Å². The summed E-state index contributed by atoms with van der Waals surface area (Å²) in [5, 5.41) is 38.0. The molecule has 0 bridgehead atoms. The maximum atomic E-state index is 14.5. The largest absolute Gasteiger partial charge is 0.493 e. The van der Waals surface area contributed by atoms with Crippen molar-refractivity contribution in [2.75, 3.05) is 46.6 Å². The number of hydrogen-bond acceptors (Lipinski definition) is 12. The van der Waals surface area contributed by atoms with Crippen molar-refractivity contribution in [3.63, 3.8) is 0 Å². The van der Waals surface area contributed by atoms with Crippen LogP contribution in [0, 0.1) is 10.1 Å². The monoisotopic (exact) mass is 926 g/mol. The summed E-state index contributed by atoms with van der Waals surface area (Å²) in [6.07, 6.45) is -1.89. The standard InChI is InChI=1S/C53H58N4O11/c1-7-66-50(61)48-43(54-36(3)46(49(59)60)47(48)37-21-20-28-41(31-37)57(63)64)33-55(51(62)67-8-2)35-52(4,5)56(32-42(58)34-68-45-30-19-18-29-44(45)65-6)53(38-22-12-9-13-23-38,39-24-14-10-15-25-39)40-26-16-11-17-27-40/h9-31,42,47,54,58H,7-8,32-35H2,1-6H3,(H,59,60). The second kappa shape index (κ2) is 22.3. The Bertz CT molecular complexity index is 2520. The first-order valence-corrected chi connectivity index (χ1v) is 22.3. The minimum Gasteiger partial charge on any atom is -0.493 e. The molecule has 2 atom stereocenters. The fourth-order valence-corrected chi connectivity index (χ4v) is 9.08. The van der Waals surface area contributed by atoms with E-state index >= 15 is 0 Å². The number of aliphatic hydroxyl groups is 1. The average molecular weight is 927 g/mol. The highest BCUT2D eigenvalue weighted by Gasteiger charge is 2.50. The van der Waals surface area contributed by atoms with Crippen LogP contribution >= 0.6 is 0 Å². The summed E-state index contributed by atoms with van der Waals surface area (Å²) in [7, 11) is 1.54. The van der Waals surface area contributed by atoms with Gasteiger partial charge in [-0.05, 0) is 69.0 Å². The molecule has 0 saturated heterocycles. The Balaban J connectivity index is 1.56. The predicted molar refractivity (Wildman–Crippen MR) is 256 cm³/mol. The highest BCUT2D eigenvalue weighted by Crippen LogP contribution is 2.47. The number of benzene rings is 5. The fraction of sp³-hybridized carbons (Fsp3) is 0.302. The summed E-state index contributed by atoms with van der Waals surface area (Å²) in [5.74, 6) is -2.64. The molecule has 0 aliphatic carbocycles. The molecule has 0 aromatic heterocycles. The van der Waals surface area contributed by atoms with Crippen LogP contribution in [0.15, 0.2) is 162 Å². The number of nitro benzene ring substituents is 1. The van der Waals surface area contributed by atoms with Crippen LogP contribution in [0.25, 0.3) is 0 Å². The lowest BCUT2D eigenvalue weighted by atomic mass is 9.73. The topological polar surface area (TPSA) is 190 Å². The van der Waals surface area contributed by atoms with Gasteiger partial charge in [-0.2, -0.15) is 0 Å². The van der Waals surface area contributed by atoms with Crippen molar-refractivity contribution in [1.29, 1.82) is 0 Å². The second-order valence-corrected chi connectivity index (χ2v) is 16.8. The number of methoxy groups -OCH3 is 1. The number of β-amino-alcohol motifs (C(OH)–C–C–N with tert-alkyl or cyclic N) is 1. The zero-order valence-corrected chi connectivity index (χ0v) is 39.1. The Kier molecular flexibility index (Phi) is 16.4. The van der Waals surface area contributed by atoms with Gasteiger partial charge in [0.15, 0.2) is 11.5 Å². The van der Waals surface area contributed by atoms with E-state index in [2.05, 4.69) is 10.2 Å². The van der Waals surface area contributed by atoms with Gasteiger partial charge >= 0.3 is 18.0 Å². The Morgan fingerprint density at radius 3 is 1.84 bits per heavy atom. The highest BCUT2D eigenvalue weighted by atomic mass is 16.6. The number of amides is 1. The molecule has 3 N–H and O–H groups in total. The first kappa shape index (κ1) is 49.9. The van der Waals surface area contributed by atoms with Crippen LogP contribution in [-0.4, -0.2) is 101 Å². The van der Waals surface area contributed by atoms with Gasteiger partial charge in [0.25, 0.3) is 5.69 Å². The number of aliphatic hydroxyl groups excluding tert-OH is 1. The van der Waals surface area contributed by atoms with Gasteiger partial charge in [0, 0.05) is 42.2 Å².